The number of benzene rings is 2. The molecule has 8 nitrogen and oxygen atoms in total. The molecule has 1 aliphatic heterocycles. The second kappa shape index (κ2) is 8.97. The normalized spacial score (nSPS) is 17.4. The molecule has 32 heavy (non-hydrogen) atoms. The lowest BCUT2D eigenvalue weighted by atomic mass is 9.94. The van der Waals surface area contributed by atoms with Gasteiger partial charge in [-0.05, 0) is 31.0 Å². The van der Waals surface area contributed by atoms with Crippen molar-refractivity contribution in [1.29, 1.82) is 0 Å². The van der Waals surface area contributed by atoms with Crippen molar-refractivity contribution >= 4 is 21.5 Å². The summed E-state index contributed by atoms with van der Waals surface area (Å²) in [6, 6.07) is 11.5. The Bertz CT molecular complexity index is 1140. The molecule has 10 heteroatoms. The number of rotatable bonds is 7. The predicted octanol–water partition coefficient (Wildman–Crippen LogP) is 2.52. The molecule has 172 valence electrons. The highest BCUT2D eigenvalue weighted by Crippen LogP contribution is 2.29. The van der Waals surface area contributed by atoms with Gasteiger partial charge in [0.05, 0.1) is 11.3 Å². The van der Waals surface area contributed by atoms with Gasteiger partial charge in [0.1, 0.15) is 17.2 Å². The Kier molecular flexibility index (Phi) is 6.68. The summed E-state index contributed by atoms with van der Waals surface area (Å²) in [5.74, 6) is -1.52. The van der Waals surface area contributed by atoms with Crippen LogP contribution in [0.3, 0.4) is 0 Å². The molecular weight excluding hydrogens is 439 g/mol. The fourth-order valence-electron chi connectivity index (χ4n) is 3.50. The van der Waals surface area contributed by atoms with Gasteiger partial charge < -0.3 is 9.94 Å². The number of oxime groups is 1. The zero-order valence-corrected chi connectivity index (χ0v) is 18.7. The molecule has 0 fully saturated rings. The average molecular weight is 465 g/mol. The third kappa shape index (κ3) is 5.32. The fourth-order valence-corrected chi connectivity index (χ4v) is 4.50. The average Bonchev–Trinajstić information content (AvgIpc) is 3.19. The molecule has 3 rings (SSSR count). The van der Waals surface area contributed by atoms with E-state index < -0.39 is 38.5 Å². The second-order valence-corrected chi connectivity index (χ2v) is 10.6. The molecular formula is C22H25FN2O6S. The topological polar surface area (TPSA) is 125 Å². The van der Waals surface area contributed by atoms with Gasteiger partial charge in [-0.1, -0.05) is 41.6 Å². The van der Waals surface area contributed by atoms with Crippen molar-refractivity contribution in [3.05, 3.63) is 59.4 Å². The monoisotopic (exact) mass is 464 g/mol. The summed E-state index contributed by atoms with van der Waals surface area (Å²) < 4.78 is 38.5. The highest BCUT2D eigenvalue weighted by atomic mass is 32.2. The maximum absolute atomic E-state index is 14.8. The predicted molar refractivity (Wildman–Crippen MR) is 116 cm³/mol. The molecule has 1 unspecified atom stereocenters. The van der Waals surface area contributed by atoms with Gasteiger partial charge in [0.2, 0.25) is 0 Å². The highest BCUT2D eigenvalue weighted by molar-refractivity contribution is 7.92. The number of carbonyl (C=O) groups is 1. The molecule has 3 N–H and O–H groups in total. The van der Waals surface area contributed by atoms with E-state index >= 15 is 0 Å². The Hall–Kier alpha value is -2.82. The van der Waals surface area contributed by atoms with E-state index in [2.05, 4.69) is 5.16 Å². The lowest BCUT2D eigenvalue weighted by Crippen LogP contribution is -2.40. The van der Waals surface area contributed by atoms with Crippen LogP contribution in [0.1, 0.15) is 37.8 Å². The van der Waals surface area contributed by atoms with Crippen molar-refractivity contribution in [1.82, 2.24) is 5.48 Å². The molecule has 2 aromatic rings. The Morgan fingerprint density at radius 3 is 2.41 bits per heavy atom. The molecule has 2 aromatic carbocycles. The SMILES string of the molecule is CC(C)(O)c1ccc(-c2ccc(C3=NO[C@@H](CC(C(=O)NO)S(C)(=O)=O)C3)cc2F)cc1. The van der Waals surface area contributed by atoms with Crippen molar-refractivity contribution in [3.63, 3.8) is 0 Å². The van der Waals surface area contributed by atoms with Crippen LogP contribution < -0.4 is 5.48 Å². The first kappa shape index (κ1) is 23.8. The van der Waals surface area contributed by atoms with E-state index in [1.807, 2.05) is 0 Å². The molecule has 0 saturated carbocycles. The van der Waals surface area contributed by atoms with Crippen LogP contribution in [0.2, 0.25) is 0 Å². The van der Waals surface area contributed by atoms with E-state index in [9.17, 15) is 22.7 Å². The van der Waals surface area contributed by atoms with Crippen LogP contribution in [0.25, 0.3) is 11.1 Å². The minimum absolute atomic E-state index is 0.184. The van der Waals surface area contributed by atoms with Crippen molar-refractivity contribution in [2.75, 3.05) is 6.26 Å². The van der Waals surface area contributed by atoms with Gasteiger partial charge in [0, 0.05) is 30.2 Å². The quantitative estimate of drug-likeness (QED) is 0.427. The summed E-state index contributed by atoms with van der Waals surface area (Å²) in [5, 5.41) is 21.3. The van der Waals surface area contributed by atoms with Crippen LogP contribution in [-0.4, -0.2) is 48.0 Å². The molecule has 0 aliphatic carbocycles. The molecule has 0 saturated heterocycles. The summed E-state index contributed by atoms with van der Waals surface area (Å²) in [5.41, 5.74) is 3.00. The third-order valence-electron chi connectivity index (χ3n) is 5.33. The van der Waals surface area contributed by atoms with E-state index in [4.69, 9.17) is 10.0 Å². The summed E-state index contributed by atoms with van der Waals surface area (Å²) in [6.07, 6.45) is 0.168. The maximum atomic E-state index is 14.8. The van der Waals surface area contributed by atoms with Gasteiger partial charge in [-0.25, -0.2) is 18.3 Å². The summed E-state index contributed by atoms with van der Waals surface area (Å²) in [6.45, 7) is 3.34. The lowest BCUT2D eigenvalue weighted by Gasteiger charge is -2.18. The first-order valence-electron chi connectivity index (χ1n) is 9.89. The van der Waals surface area contributed by atoms with Gasteiger partial charge in [0.25, 0.3) is 5.91 Å². The van der Waals surface area contributed by atoms with E-state index in [1.165, 1.54) is 11.5 Å². The number of sulfone groups is 1. The largest absolute Gasteiger partial charge is 0.392 e. The molecule has 1 aliphatic rings. The van der Waals surface area contributed by atoms with Crippen molar-refractivity contribution < 1.29 is 32.8 Å². The molecule has 1 heterocycles. The molecule has 0 radical (unpaired) electrons. The smallest absolute Gasteiger partial charge is 0.261 e. The molecule has 1 amide bonds. The summed E-state index contributed by atoms with van der Waals surface area (Å²) in [7, 11) is -3.78. The van der Waals surface area contributed by atoms with Crippen LogP contribution in [0, 0.1) is 5.82 Å². The zero-order chi connectivity index (χ0) is 23.7. The highest BCUT2D eigenvalue weighted by Gasteiger charge is 2.35. The summed E-state index contributed by atoms with van der Waals surface area (Å²) >= 11 is 0. The van der Waals surface area contributed by atoms with Crippen LogP contribution in [-0.2, 0) is 25.1 Å². The van der Waals surface area contributed by atoms with Crippen LogP contribution in [0.15, 0.2) is 47.6 Å². The number of amides is 1. The van der Waals surface area contributed by atoms with E-state index in [0.717, 1.165) is 6.26 Å². The summed E-state index contributed by atoms with van der Waals surface area (Å²) in [4.78, 5) is 16.9. The first-order chi connectivity index (χ1) is 14.9. The molecule has 2 atom stereocenters. The number of aliphatic hydroxyl groups is 1. The standard InChI is InChI=1S/C22H25FN2O6S/c1-22(2,27)15-7-4-13(5-8-15)17-9-6-14(10-18(17)23)19-11-16(31-25-19)12-20(21(26)24-28)32(3,29)30/h4-10,16,20,27-28H,11-12H2,1-3H3,(H,24,26)/t16-,20?/m1/s1. The molecule has 0 bridgehead atoms. The van der Waals surface area contributed by atoms with Crippen LogP contribution in [0.5, 0.6) is 0 Å². The number of hydrogen-bond donors (Lipinski definition) is 3. The van der Waals surface area contributed by atoms with Gasteiger partial charge in [0.15, 0.2) is 9.84 Å². The Morgan fingerprint density at radius 1 is 1.25 bits per heavy atom. The van der Waals surface area contributed by atoms with E-state index in [-0.39, 0.29) is 12.8 Å². The second-order valence-electron chi connectivity index (χ2n) is 8.33. The minimum Gasteiger partial charge on any atom is -0.392 e. The Morgan fingerprint density at radius 2 is 1.88 bits per heavy atom. The lowest BCUT2D eigenvalue weighted by molar-refractivity contribution is -0.129. The molecule has 0 spiro atoms. The van der Waals surface area contributed by atoms with E-state index in [1.54, 1.807) is 50.2 Å². The van der Waals surface area contributed by atoms with Crippen molar-refractivity contribution in [3.8, 4) is 11.1 Å². The van der Waals surface area contributed by atoms with Crippen molar-refractivity contribution in [2.45, 2.75) is 43.6 Å². The van der Waals surface area contributed by atoms with Crippen LogP contribution >= 0.6 is 0 Å². The number of hydrogen-bond acceptors (Lipinski definition) is 7. The maximum Gasteiger partial charge on any atom is 0.261 e. The molecule has 0 aromatic heterocycles. The number of nitrogens with one attached hydrogen (secondary N) is 1. The fraction of sp³-hybridized carbons (Fsp3) is 0.364. The first-order valence-corrected chi connectivity index (χ1v) is 11.8. The third-order valence-corrected chi connectivity index (χ3v) is 6.77. The van der Waals surface area contributed by atoms with Gasteiger partial charge in [-0.3, -0.25) is 10.0 Å². The zero-order valence-electron chi connectivity index (χ0n) is 17.9. The Balaban J connectivity index is 1.74. The number of nitrogens with zero attached hydrogens (tertiary/aromatic N) is 1. The Labute approximate surface area is 185 Å². The van der Waals surface area contributed by atoms with Gasteiger partial charge in [-0.15, -0.1) is 0 Å². The minimum atomic E-state index is -3.78. The van der Waals surface area contributed by atoms with E-state index in [0.29, 0.717) is 28.0 Å². The van der Waals surface area contributed by atoms with Gasteiger partial charge in [-0.2, -0.15) is 0 Å². The number of hydroxylamine groups is 1. The van der Waals surface area contributed by atoms with Crippen LogP contribution in [0.4, 0.5) is 4.39 Å². The number of carbonyl (C=O) groups excluding carboxylic acids is 1. The number of halogens is 1. The van der Waals surface area contributed by atoms with Crippen molar-refractivity contribution in [2.24, 2.45) is 5.16 Å². The van der Waals surface area contributed by atoms with Gasteiger partial charge >= 0.3 is 0 Å².